The van der Waals surface area contributed by atoms with Gasteiger partial charge in [-0.3, -0.25) is 14.9 Å². The van der Waals surface area contributed by atoms with Gasteiger partial charge in [-0.25, -0.2) is 4.79 Å². The second-order valence-electron chi connectivity index (χ2n) is 6.17. The van der Waals surface area contributed by atoms with E-state index in [0.717, 1.165) is 17.3 Å². The molecule has 0 aliphatic heterocycles. The van der Waals surface area contributed by atoms with Crippen LogP contribution in [0.5, 0.6) is 0 Å². The van der Waals surface area contributed by atoms with Crippen LogP contribution in [0, 0.1) is 17.0 Å². The molecule has 0 aromatic heterocycles. The van der Waals surface area contributed by atoms with Gasteiger partial charge in [0, 0.05) is 38.0 Å². The molecule has 0 radical (unpaired) electrons. The monoisotopic (exact) mass is 371 g/mol. The minimum atomic E-state index is -0.788. The number of nitro groups is 1. The molecule has 0 fully saturated rings. The Labute approximate surface area is 156 Å². The summed E-state index contributed by atoms with van der Waals surface area (Å²) >= 11 is 0. The molecule has 142 valence electrons. The van der Waals surface area contributed by atoms with Crippen LogP contribution in [-0.2, 0) is 16.1 Å². The van der Waals surface area contributed by atoms with Crippen molar-refractivity contribution in [3.05, 3.63) is 69.3 Å². The lowest BCUT2D eigenvalue weighted by molar-refractivity contribution is -0.385. The molecule has 0 atom stereocenters. The molecule has 0 aliphatic rings. The van der Waals surface area contributed by atoms with Gasteiger partial charge in [-0.1, -0.05) is 18.2 Å². The third-order valence-corrected chi connectivity index (χ3v) is 3.92. The number of carbonyl (C=O) groups is 2. The molecule has 0 spiro atoms. The number of nitrogens with zero attached hydrogens (tertiary/aromatic N) is 2. The summed E-state index contributed by atoms with van der Waals surface area (Å²) in [6.45, 7) is 1.42. The molecule has 1 N–H and O–H groups in total. The van der Waals surface area contributed by atoms with Gasteiger partial charge in [0.05, 0.1) is 10.5 Å². The first-order valence-electron chi connectivity index (χ1n) is 8.23. The molecule has 0 saturated carbocycles. The van der Waals surface area contributed by atoms with Gasteiger partial charge in [0.25, 0.3) is 11.6 Å². The van der Waals surface area contributed by atoms with Gasteiger partial charge in [-0.05, 0) is 30.7 Å². The van der Waals surface area contributed by atoms with Gasteiger partial charge >= 0.3 is 5.97 Å². The van der Waals surface area contributed by atoms with Crippen molar-refractivity contribution in [2.24, 2.45) is 0 Å². The number of nitro benzene ring substituents is 1. The number of ether oxygens (including phenoxy) is 1. The lowest BCUT2D eigenvalue weighted by Crippen LogP contribution is -2.28. The summed E-state index contributed by atoms with van der Waals surface area (Å²) < 4.78 is 4.92. The fraction of sp³-hybridized carbons (Fsp3) is 0.263. The largest absolute Gasteiger partial charge is 0.452 e. The van der Waals surface area contributed by atoms with Gasteiger partial charge < -0.3 is 15.0 Å². The Morgan fingerprint density at radius 1 is 1.15 bits per heavy atom. The Morgan fingerprint density at radius 2 is 1.81 bits per heavy atom. The van der Waals surface area contributed by atoms with Crippen molar-refractivity contribution in [3.63, 3.8) is 0 Å². The zero-order chi connectivity index (χ0) is 20.0. The standard InChI is InChI=1S/C19H21N3O5/c1-13-4-7-15(10-17(13)22(25)26)19(24)27-12-18(23)20-11-14-5-8-16(9-6-14)21(2)3/h4-10H,11-12H2,1-3H3,(H,20,23). The highest BCUT2D eigenvalue weighted by molar-refractivity contribution is 5.92. The van der Waals surface area contributed by atoms with Gasteiger partial charge in [-0.2, -0.15) is 0 Å². The molecular formula is C19H21N3O5. The second-order valence-corrected chi connectivity index (χ2v) is 6.17. The molecule has 0 bridgehead atoms. The van der Waals surface area contributed by atoms with Crippen molar-refractivity contribution in [1.82, 2.24) is 5.32 Å². The van der Waals surface area contributed by atoms with Crippen LogP contribution in [0.15, 0.2) is 42.5 Å². The van der Waals surface area contributed by atoms with Crippen LogP contribution < -0.4 is 10.2 Å². The number of anilines is 1. The van der Waals surface area contributed by atoms with Crippen molar-refractivity contribution < 1.29 is 19.2 Å². The van der Waals surface area contributed by atoms with Crippen LogP contribution in [0.2, 0.25) is 0 Å². The summed E-state index contributed by atoms with van der Waals surface area (Å²) in [6.07, 6.45) is 0. The number of nitrogens with one attached hydrogen (secondary N) is 1. The maximum atomic E-state index is 12.0. The van der Waals surface area contributed by atoms with E-state index >= 15 is 0 Å². The minimum Gasteiger partial charge on any atom is -0.452 e. The molecule has 0 aliphatic carbocycles. The van der Waals surface area contributed by atoms with Crippen molar-refractivity contribution in [1.29, 1.82) is 0 Å². The van der Waals surface area contributed by atoms with E-state index in [1.165, 1.54) is 12.1 Å². The Bertz CT molecular complexity index is 847. The highest BCUT2D eigenvalue weighted by atomic mass is 16.6. The summed E-state index contributed by atoms with van der Waals surface area (Å²) in [7, 11) is 3.88. The number of hydrogen-bond donors (Lipinski definition) is 1. The van der Waals surface area contributed by atoms with E-state index in [9.17, 15) is 19.7 Å². The fourth-order valence-corrected chi connectivity index (χ4v) is 2.31. The summed E-state index contributed by atoms with van der Waals surface area (Å²) in [5.74, 6) is -1.25. The number of esters is 1. The zero-order valence-electron chi connectivity index (χ0n) is 15.4. The Balaban J connectivity index is 1.85. The lowest BCUT2D eigenvalue weighted by Gasteiger charge is -2.13. The fourth-order valence-electron chi connectivity index (χ4n) is 2.31. The summed E-state index contributed by atoms with van der Waals surface area (Å²) in [5, 5.41) is 13.6. The molecular weight excluding hydrogens is 350 g/mol. The van der Waals surface area contributed by atoms with Gasteiger partial charge in [0.15, 0.2) is 6.61 Å². The van der Waals surface area contributed by atoms with E-state index in [2.05, 4.69) is 5.32 Å². The number of benzene rings is 2. The summed E-state index contributed by atoms with van der Waals surface area (Å²) in [6, 6.07) is 11.7. The van der Waals surface area contributed by atoms with E-state index in [-0.39, 0.29) is 11.3 Å². The molecule has 2 aromatic rings. The highest BCUT2D eigenvalue weighted by Gasteiger charge is 2.16. The molecule has 2 rings (SSSR count). The van der Waals surface area contributed by atoms with Gasteiger partial charge in [-0.15, -0.1) is 0 Å². The average molecular weight is 371 g/mol. The smallest absolute Gasteiger partial charge is 0.338 e. The normalized spacial score (nSPS) is 10.2. The molecule has 0 unspecified atom stereocenters. The molecule has 8 nitrogen and oxygen atoms in total. The second kappa shape index (κ2) is 8.79. The minimum absolute atomic E-state index is 0.0272. The lowest BCUT2D eigenvalue weighted by atomic mass is 10.1. The van der Waals surface area contributed by atoms with E-state index < -0.39 is 23.4 Å². The first kappa shape index (κ1) is 19.9. The number of amides is 1. The van der Waals surface area contributed by atoms with E-state index in [4.69, 9.17) is 4.74 Å². The predicted molar refractivity (Wildman–Crippen MR) is 101 cm³/mol. The molecule has 0 heterocycles. The van der Waals surface area contributed by atoms with Crippen LogP contribution in [0.3, 0.4) is 0 Å². The maximum absolute atomic E-state index is 12.0. The average Bonchev–Trinajstić information content (AvgIpc) is 2.64. The van der Waals surface area contributed by atoms with Crippen LogP contribution in [0.4, 0.5) is 11.4 Å². The quantitative estimate of drug-likeness (QED) is 0.456. The van der Waals surface area contributed by atoms with Crippen LogP contribution in [-0.4, -0.2) is 37.5 Å². The topological polar surface area (TPSA) is 102 Å². The van der Waals surface area contributed by atoms with Crippen molar-refractivity contribution in [2.75, 3.05) is 25.6 Å². The van der Waals surface area contributed by atoms with Crippen molar-refractivity contribution in [2.45, 2.75) is 13.5 Å². The van der Waals surface area contributed by atoms with Crippen LogP contribution >= 0.6 is 0 Å². The van der Waals surface area contributed by atoms with Crippen LogP contribution in [0.1, 0.15) is 21.5 Å². The van der Waals surface area contributed by atoms with E-state index in [0.29, 0.717) is 12.1 Å². The van der Waals surface area contributed by atoms with Crippen LogP contribution in [0.25, 0.3) is 0 Å². The molecule has 1 amide bonds. The Kier molecular flexibility index (Phi) is 6.48. The number of carbonyl (C=O) groups excluding carboxylic acids is 2. The molecule has 27 heavy (non-hydrogen) atoms. The van der Waals surface area contributed by atoms with Crippen molar-refractivity contribution >= 4 is 23.3 Å². The summed E-state index contributed by atoms with van der Waals surface area (Å²) in [4.78, 5) is 36.2. The predicted octanol–water partition coefficient (Wildman–Crippen LogP) is 2.44. The zero-order valence-corrected chi connectivity index (χ0v) is 15.4. The molecule has 0 saturated heterocycles. The summed E-state index contributed by atoms with van der Waals surface area (Å²) in [5.41, 5.74) is 2.25. The molecule has 2 aromatic carbocycles. The van der Waals surface area contributed by atoms with E-state index in [1.54, 1.807) is 6.92 Å². The maximum Gasteiger partial charge on any atom is 0.338 e. The Morgan fingerprint density at radius 3 is 2.41 bits per heavy atom. The number of hydrogen-bond acceptors (Lipinski definition) is 6. The van der Waals surface area contributed by atoms with Gasteiger partial charge in [0.2, 0.25) is 0 Å². The highest BCUT2D eigenvalue weighted by Crippen LogP contribution is 2.19. The first-order chi connectivity index (χ1) is 12.8. The molecule has 8 heteroatoms. The van der Waals surface area contributed by atoms with Gasteiger partial charge in [0.1, 0.15) is 0 Å². The third kappa shape index (κ3) is 5.53. The first-order valence-corrected chi connectivity index (χ1v) is 8.23. The third-order valence-electron chi connectivity index (χ3n) is 3.92. The number of rotatable bonds is 7. The van der Waals surface area contributed by atoms with E-state index in [1.807, 2.05) is 43.3 Å². The number of aryl methyl sites for hydroxylation is 1. The van der Waals surface area contributed by atoms with Crippen molar-refractivity contribution in [3.8, 4) is 0 Å². The SMILES string of the molecule is Cc1ccc(C(=O)OCC(=O)NCc2ccc(N(C)C)cc2)cc1[N+](=O)[O-]. The Hall–Kier alpha value is -3.42.